The molecule has 1 fully saturated rings. The molecule has 0 atom stereocenters. The highest BCUT2D eigenvalue weighted by Gasteiger charge is 2.26. The van der Waals surface area contributed by atoms with Crippen LogP contribution in [-0.2, 0) is 6.61 Å². The first-order valence-electron chi connectivity index (χ1n) is 7.74. The lowest BCUT2D eigenvalue weighted by Gasteiger charge is -2.12. The van der Waals surface area contributed by atoms with Crippen LogP contribution in [0.25, 0.3) is 10.9 Å². The van der Waals surface area contributed by atoms with E-state index in [9.17, 15) is 9.18 Å². The average molecular weight is 309 g/mol. The van der Waals surface area contributed by atoms with Gasteiger partial charge in [0.15, 0.2) is 0 Å². The van der Waals surface area contributed by atoms with E-state index in [1.807, 2.05) is 12.1 Å². The summed E-state index contributed by atoms with van der Waals surface area (Å²) >= 11 is 0. The molecular formula is C19H16FNO2. The van der Waals surface area contributed by atoms with Gasteiger partial charge in [-0.25, -0.2) is 4.39 Å². The molecule has 3 nitrogen and oxygen atoms in total. The fourth-order valence-corrected chi connectivity index (χ4v) is 2.86. The van der Waals surface area contributed by atoms with Crippen LogP contribution in [0.1, 0.15) is 29.9 Å². The number of hydrogen-bond acceptors (Lipinski definition) is 2. The van der Waals surface area contributed by atoms with Gasteiger partial charge in [-0.2, -0.15) is 0 Å². The van der Waals surface area contributed by atoms with E-state index >= 15 is 0 Å². The summed E-state index contributed by atoms with van der Waals surface area (Å²) in [7, 11) is 0. The molecule has 0 bridgehead atoms. The van der Waals surface area contributed by atoms with Crippen molar-refractivity contribution in [1.29, 1.82) is 0 Å². The third-order valence-electron chi connectivity index (χ3n) is 4.22. The number of aromatic amines is 1. The first kappa shape index (κ1) is 14.0. The quantitative estimate of drug-likeness (QED) is 0.787. The molecule has 1 heterocycles. The molecule has 1 N–H and O–H groups in total. The van der Waals surface area contributed by atoms with Gasteiger partial charge in [0.25, 0.3) is 0 Å². The molecule has 1 saturated carbocycles. The summed E-state index contributed by atoms with van der Waals surface area (Å²) in [4.78, 5) is 14.6. The zero-order valence-electron chi connectivity index (χ0n) is 12.5. The van der Waals surface area contributed by atoms with Crippen LogP contribution < -0.4 is 10.3 Å². The van der Waals surface area contributed by atoms with E-state index in [0.29, 0.717) is 18.3 Å². The van der Waals surface area contributed by atoms with Crippen molar-refractivity contribution in [2.24, 2.45) is 0 Å². The van der Waals surface area contributed by atoms with E-state index in [2.05, 4.69) is 11.1 Å². The number of halogens is 1. The fraction of sp³-hybridized carbons (Fsp3) is 0.211. The Morgan fingerprint density at radius 3 is 2.57 bits per heavy atom. The van der Waals surface area contributed by atoms with Crippen LogP contribution in [0.2, 0.25) is 0 Å². The third kappa shape index (κ3) is 2.84. The largest absolute Gasteiger partial charge is 0.487 e. The Morgan fingerprint density at radius 2 is 1.83 bits per heavy atom. The van der Waals surface area contributed by atoms with Crippen LogP contribution in [-0.4, -0.2) is 4.98 Å². The molecule has 4 heteroatoms. The van der Waals surface area contributed by atoms with Crippen molar-refractivity contribution < 1.29 is 9.13 Å². The van der Waals surface area contributed by atoms with Crippen molar-refractivity contribution in [3.05, 3.63) is 75.8 Å². The highest BCUT2D eigenvalue weighted by molar-refractivity contribution is 5.88. The zero-order valence-corrected chi connectivity index (χ0v) is 12.5. The molecule has 1 aliphatic rings. The van der Waals surface area contributed by atoms with E-state index in [0.717, 1.165) is 16.5 Å². The maximum absolute atomic E-state index is 12.9. The average Bonchev–Trinajstić information content (AvgIpc) is 3.39. The number of rotatable bonds is 4. The standard InChI is InChI=1S/C19H16FNO2/c20-14-5-1-12(2-6-14)11-23-17-9-7-15(13-3-4-13)16-8-10-18(22)21-19(16)17/h1-2,5-10,13H,3-4,11H2,(H,21,22). The molecule has 4 rings (SSSR count). The Morgan fingerprint density at radius 1 is 1.04 bits per heavy atom. The Bertz CT molecular complexity index is 911. The summed E-state index contributed by atoms with van der Waals surface area (Å²) in [5.74, 6) is 0.971. The lowest BCUT2D eigenvalue weighted by Crippen LogP contribution is -2.05. The van der Waals surface area contributed by atoms with Crippen molar-refractivity contribution in [1.82, 2.24) is 4.98 Å². The van der Waals surface area contributed by atoms with Gasteiger partial charge >= 0.3 is 0 Å². The van der Waals surface area contributed by atoms with Gasteiger partial charge in [0, 0.05) is 11.5 Å². The Hall–Kier alpha value is -2.62. The number of nitrogens with one attached hydrogen (secondary N) is 1. The van der Waals surface area contributed by atoms with Gasteiger partial charge in [-0.15, -0.1) is 0 Å². The van der Waals surface area contributed by atoms with Crippen LogP contribution in [0.15, 0.2) is 53.3 Å². The minimum Gasteiger partial charge on any atom is -0.487 e. The Balaban J connectivity index is 1.69. The fourth-order valence-electron chi connectivity index (χ4n) is 2.86. The van der Waals surface area contributed by atoms with Gasteiger partial charge in [-0.1, -0.05) is 18.2 Å². The number of H-pyrrole nitrogens is 1. The number of pyridine rings is 1. The topological polar surface area (TPSA) is 42.1 Å². The monoisotopic (exact) mass is 309 g/mol. The van der Waals surface area contributed by atoms with Crippen molar-refractivity contribution in [2.45, 2.75) is 25.4 Å². The Kier molecular flexibility index (Phi) is 3.37. The summed E-state index contributed by atoms with van der Waals surface area (Å²) in [6.07, 6.45) is 2.40. The highest BCUT2D eigenvalue weighted by Crippen LogP contribution is 2.44. The number of ether oxygens (including phenoxy) is 1. The number of aromatic nitrogens is 1. The summed E-state index contributed by atoms with van der Waals surface area (Å²) in [5.41, 5.74) is 2.75. The number of fused-ring (bicyclic) bond motifs is 1. The molecule has 0 spiro atoms. The van der Waals surface area contributed by atoms with E-state index in [1.54, 1.807) is 18.2 Å². The van der Waals surface area contributed by atoms with Crippen LogP contribution in [0.3, 0.4) is 0 Å². The van der Waals surface area contributed by atoms with Crippen LogP contribution >= 0.6 is 0 Å². The maximum atomic E-state index is 12.9. The van der Waals surface area contributed by atoms with Crippen LogP contribution in [0, 0.1) is 5.82 Å². The van der Waals surface area contributed by atoms with Crippen molar-refractivity contribution >= 4 is 10.9 Å². The highest BCUT2D eigenvalue weighted by atomic mass is 19.1. The molecule has 0 amide bonds. The van der Waals surface area contributed by atoms with Crippen molar-refractivity contribution in [2.75, 3.05) is 0 Å². The molecule has 1 aromatic heterocycles. The number of hydrogen-bond donors (Lipinski definition) is 1. The van der Waals surface area contributed by atoms with Gasteiger partial charge in [-0.05, 0) is 54.2 Å². The molecule has 23 heavy (non-hydrogen) atoms. The summed E-state index contributed by atoms with van der Waals surface area (Å²) in [5, 5.41) is 1.05. The third-order valence-corrected chi connectivity index (χ3v) is 4.22. The van der Waals surface area contributed by atoms with Crippen molar-refractivity contribution in [3.8, 4) is 5.75 Å². The molecular weight excluding hydrogens is 293 g/mol. The molecule has 2 aromatic carbocycles. The SMILES string of the molecule is O=c1ccc2c(C3CC3)ccc(OCc3ccc(F)cc3)c2[nH]1. The first-order valence-corrected chi connectivity index (χ1v) is 7.74. The van der Waals surface area contributed by atoms with Gasteiger partial charge < -0.3 is 9.72 Å². The molecule has 0 radical (unpaired) electrons. The van der Waals surface area contributed by atoms with Crippen LogP contribution in [0.4, 0.5) is 4.39 Å². The Labute approximate surface area is 132 Å². The molecule has 0 aliphatic heterocycles. The van der Waals surface area contributed by atoms with Gasteiger partial charge in [0.05, 0.1) is 5.52 Å². The van der Waals surface area contributed by atoms with E-state index in [-0.39, 0.29) is 11.4 Å². The van der Waals surface area contributed by atoms with Crippen molar-refractivity contribution in [3.63, 3.8) is 0 Å². The predicted molar refractivity (Wildman–Crippen MR) is 87.3 cm³/mol. The number of benzene rings is 2. The second kappa shape index (κ2) is 5.54. The summed E-state index contributed by atoms with van der Waals surface area (Å²) < 4.78 is 18.8. The van der Waals surface area contributed by atoms with E-state index < -0.39 is 0 Å². The first-order chi connectivity index (χ1) is 11.2. The summed E-state index contributed by atoms with van der Waals surface area (Å²) in [6.45, 7) is 0.328. The molecule has 3 aromatic rings. The molecule has 0 saturated heterocycles. The lowest BCUT2D eigenvalue weighted by molar-refractivity contribution is 0.309. The minimum absolute atomic E-state index is 0.142. The summed E-state index contributed by atoms with van der Waals surface area (Å²) in [6, 6.07) is 13.6. The van der Waals surface area contributed by atoms with Gasteiger partial charge in [-0.3, -0.25) is 4.79 Å². The normalized spacial score (nSPS) is 14.1. The predicted octanol–water partition coefficient (Wildman–Crippen LogP) is 4.12. The smallest absolute Gasteiger partial charge is 0.248 e. The zero-order chi connectivity index (χ0) is 15.8. The van der Waals surface area contributed by atoms with E-state index in [1.165, 1.54) is 30.5 Å². The molecule has 116 valence electrons. The molecule has 0 unspecified atom stereocenters. The maximum Gasteiger partial charge on any atom is 0.248 e. The minimum atomic E-state index is -0.266. The van der Waals surface area contributed by atoms with E-state index in [4.69, 9.17) is 4.74 Å². The second-order valence-electron chi connectivity index (χ2n) is 5.95. The molecule has 1 aliphatic carbocycles. The van der Waals surface area contributed by atoms with Gasteiger partial charge in [0.2, 0.25) is 5.56 Å². The second-order valence-corrected chi connectivity index (χ2v) is 5.95. The van der Waals surface area contributed by atoms with Gasteiger partial charge in [0.1, 0.15) is 18.2 Å². The van der Waals surface area contributed by atoms with Crippen LogP contribution in [0.5, 0.6) is 5.75 Å². The lowest BCUT2D eigenvalue weighted by atomic mass is 10.0.